The highest BCUT2D eigenvalue weighted by Gasteiger charge is 2.42. The van der Waals surface area contributed by atoms with E-state index in [2.05, 4.69) is 41.5 Å². The summed E-state index contributed by atoms with van der Waals surface area (Å²) < 4.78 is 21.4. The predicted molar refractivity (Wildman–Crippen MR) is 81.6 cm³/mol. The molecular weight excluding hydrogens is 256 g/mol. The van der Waals surface area contributed by atoms with Crippen molar-refractivity contribution >= 4 is 0 Å². The molecule has 0 bridgehead atoms. The van der Waals surface area contributed by atoms with E-state index < -0.39 is 5.79 Å². The lowest BCUT2D eigenvalue weighted by Crippen LogP contribution is -2.43. The van der Waals surface area contributed by atoms with Crippen molar-refractivity contribution in [2.45, 2.75) is 67.0 Å². The van der Waals surface area contributed by atoms with Gasteiger partial charge in [0.2, 0.25) is 0 Å². The fourth-order valence-corrected chi connectivity index (χ4v) is 1.64. The zero-order valence-electron chi connectivity index (χ0n) is 15.0. The van der Waals surface area contributed by atoms with E-state index in [4.69, 9.17) is 18.9 Å². The van der Waals surface area contributed by atoms with Crippen LogP contribution in [0.5, 0.6) is 0 Å². The topological polar surface area (TPSA) is 36.9 Å². The minimum atomic E-state index is -0.479. The highest BCUT2D eigenvalue weighted by atomic mass is 16.7. The van der Waals surface area contributed by atoms with Crippen molar-refractivity contribution in [3.63, 3.8) is 0 Å². The van der Waals surface area contributed by atoms with Crippen LogP contribution in [0.2, 0.25) is 0 Å². The Kier molecular flexibility index (Phi) is 6.68. The summed E-state index contributed by atoms with van der Waals surface area (Å²) in [6.45, 7) is 18.0. The van der Waals surface area contributed by atoms with Gasteiger partial charge in [0.25, 0.3) is 0 Å². The summed E-state index contributed by atoms with van der Waals surface area (Å²) in [4.78, 5) is 0. The van der Waals surface area contributed by atoms with Crippen LogP contribution in [0.25, 0.3) is 0 Å². The van der Waals surface area contributed by atoms with E-state index in [1.165, 1.54) is 0 Å². The van der Waals surface area contributed by atoms with Crippen LogP contribution in [0.3, 0.4) is 0 Å². The molecular formula is C16H34O4. The molecule has 1 rings (SSSR count). The molecule has 0 spiro atoms. The fourth-order valence-electron chi connectivity index (χ4n) is 1.64. The van der Waals surface area contributed by atoms with Gasteiger partial charge < -0.3 is 18.9 Å². The number of hydrogen-bond acceptors (Lipinski definition) is 4. The van der Waals surface area contributed by atoms with Gasteiger partial charge in [-0.3, -0.25) is 0 Å². The highest BCUT2D eigenvalue weighted by Crippen LogP contribution is 2.37. The Morgan fingerprint density at radius 1 is 0.800 bits per heavy atom. The van der Waals surface area contributed by atoms with Crippen LogP contribution < -0.4 is 0 Å². The van der Waals surface area contributed by atoms with Crippen molar-refractivity contribution in [2.24, 2.45) is 10.8 Å². The van der Waals surface area contributed by atoms with Gasteiger partial charge in [0, 0.05) is 25.0 Å². The molecule has 0 amide bonds. The number of hydrogen-bond donors (Lipinski definition) is 0. The zero-order chi connectivity index (χ0) is 16.2. The van der Waals surface area contributed by atoms with Gasteiger partial charge >= 0.3 is 0 Å². The lowest BCUT2D eigenvalue weighted by Gasteiger charge is -2.38. The molecule has 0 aromatic rings. The van der Waals surface area contributed by atoms with Gasteiger partial charge in [-0.25, -0.2) is 0 Å². The summed E-state index contributed by atoms with van der Waals surface area (Å²) in [6, 6.07) is 0. The van der Waals surface area contributed by atoms with Crippen LogP contribution >= 0.6 is 0 Å². The first-order valence-electron chi connectivity index (χ1n) is 7.21. The van der Waals surface area contributed by atoms with Crippen LogP contribution in [0.4, 0.5) is 0 Å². The molecule has 1 aliphatic rings. The minimum absolute atomic E-state index is 0.0104. The van der Waals surface area contributed by atoms with E-state index in [0.29, 0.717) is 0 Å². The van der Waals surface area contributed by atoms with Gasteiger partial charge in [-0.05, 0) is 13.8 Å². The largest absolute Gasteiger partial charge is 0.353 e. The lowest BCUT2D eigenvalue weighted by atomic mass is 9.86. The Labute approximate surface area is 125 Å². The van der Waals surface area contributed by atoms with Crippen LogP contribution in [-0.4, -0.2) is 39.0 Å². The second kappa shape index (κ2) is 6.73. The van der Waals surface area contributed by atoms with Gasteiger partial charge in [0.05, 0.1) is 13.2 Å². The van der Waals surface area contributed by atoms with E-state index >= 15 is 0 Å². The van der Waals surface area contributed by atoms with Crippen molar-refractivity contribution in [1.29, 1.82) is 0 Å². The Bertz CT molecular complexity index is 262. The number of methoxy groups -OCH3 is 2. The molecule has 0 radical (unpaired) electrons. The Morgan fingerprint density at radius 2 is 1.15 bits per heavy atom. The van der Waals surface area contributed by atoms with E-state index in [0.717, 1.165) is 13.2 Å². The molecule has 1 fully saturated rings. The molecule has 4 nitrogen and oxygen atoms in total. The molecule has 0 N–H and O–H groups in total. The molecule has 1 aliphatic heterocycles. The van der Waals surface area contributed by atoms with E-state index in [1.807, 2.05) is 13.8 Å². The maximum absolute atomic E-state index is 5.48. The zero-order valence-corrected chi connectivity index (χ0v) is 15.0. The first-order chi connectivity index (χ1) is 8.83. The van der Waals surface area contributed by atoms with Gasteiger partial charge in [-0.15, -0.1) is 0 Å². The first-order valence-corrected chi connectivity index (χ1v) is 7.21. The van der Waals surface area contributed by atoms with Gasteiger partial charge in [0.1, 0.15) is 0 Å². The van der Waals surface area contributed by atoms with Crippen molar-refractivity contribution in [2.75, 3.05) is 27.4 Å². The molecule has 4 heteroatoms. The molecule has 122 valence electrons. The quantitative estimate of drug-likeness (QED) is 0.724. The second-order valence-electron chi connectivity index (χ2n) is 7.50. The number of rotatable bonds is 2. The SMILES string of the molecule is CC(C)(C)C1(C)OCCO1.COC(C)(OC)C(C)(C)C. The van der Waals surface area contributed by atoms with E-state index in [9.17, 15) is 0 Å². The van der Waals surface area contributed by atoms with Crippen molar-refractivity contribution < 1.29 is 18.9 Å². The molecule has 1 saturated heterocycles. The van der Waals surface area contributed by atoms with Crippen LogP contribution in [0, 0.1) is 10.8 Å². The van der Waals surface area contributed by atoms with Crippen molar-refractivity contribution in [3.8, 4) is 0 Å². The maximum atomic E-state index is 5.48. The van der Waals surface area contributed by atoms with Gasteiger partial charge in [0.15, 0.2) is 11.6 Å². The Balaban J connectivity index is 0.000000361. The predicted octanol–water partition coefficient (Wildman–Crippen LogP) is 3.84. The summed E-state index contributed by atoms with van der Waals surface area (Å²) in [7, 11) is 3.32. The van der Waals surface area contributed by atoms with Crippen LogP contribution in [0.15, 0.2) is 0 Å². The van der Waals surface area contributed by atoms with Crippen LogP contribution in [-0.2, 0) is 18.9 Å². The Hall–Kier alpha value is -0.160. The standard InChI is InChI=1S/C8H16O2.C8H18O2/c1-7(2,3)8(4)9-5-6-10-8;1-7(2,3)8(4,9-5)10-6/h5-6H2,1-4H3;1-6H3. The maximum Gasteiger partial charge on any atom is 0.170 e. The summed E-state index contributed by atoms with van der Waals surface area (Å²) >= 11 is 0. The molecule has 1 heterocycles. The van der Waals surface area contributed by atoms with Gasteiger partial charge in [-0.1, -0.05) is 41.5 Å². The number of ether oxygens (including phenoxy) is 4. The third-order valence-corrected chi connectivity index (χ3v) is 4.34. The average Bonchev–Trinajstić information content (AvgIpc) is 2.75. The monoisotopic (exact) mass is 290 g/mol. The minimum Gasteiger partial charge on any atom is -0.353 e. The smallest absolute Gasteiger partial charge is 0.170 e. The van der Waals surface area contributed by atoms with E-state index in [-0.39, 0.29) is 16.6 Å². The lowest BCUT2D eigenvalue weighted by molar-refractivity contribution is -0.250. The van der Waals surface area contributed by atoms with E-state index in [1.54, 1.807) is 14.2 Å². The molecule has 0 atom stereocenters. The summed E-state index contributed by atoms with van der Waals surface area (Å²) in [5.41, 5.74) is 0.0833. The van der Waals surface area contributed by atoms with Gasteiger partial charge in [-0.2, -0.15) is 0 Å². The van der Waals surface area contributed by atoms with Crippen LogP contribution in [0.1, 0.15) is 55.4 Å². The average molecular weight is 290 g/mol. The molecule has 0 saturated carbocycles. The molecule has 0 aromatic heterocycles. The molecule has 0 aliphatic carbocycles. The normalized spacial score (nSPS) is 19.5. The molecule has 0 aromatic carbocycles. The Morgan fingerprint density at radius 3 is 1.25 bits per heavy atom. The third-order valence-electron chi connectivity index (χ3n) is 4.34. The summed E-state index contributed by atoms with van der Waals surface area (Å²) in [6.07, 6.45) is 0. The summed E-state index contributed by atoms with van der Waals surface area (Å²) in [5, 5.41) is 0. The van der Waals surface area contributed by atoms with Crippen molar-refractivity contribution in [1.82, 2.24) is 0 Å². The fraction of sp³-hybridized carbons (Fsp3) is 1.00. The molecule has 20 heavy (non-hydrogen) atoms. The molecule has 0 unspecified atom stereocenters. The van der Waals surface area contributed by atoms with Crippen molar-refractivity contribution in [3.05, 3.63) is 0 Å². The first kappa shape index (κ1) is 19.8. The summed E-state index contributed by atoms with van der Waals surface area (Å²) in [5.74, 6) is -0.847. The second-order valence-corrected chi connectivity index (χ2v) is 7.50. The third kappa shape index (κ3) is 4.69. The highest BCUT2D eigenvalue weighted by molar-refractivity contribution is 4.82.